The van der Waals surface area contributed by atoms with Crippen LogP contribution in [0.2, 0.25) is 0 Å². The van der Waals surface area contributed by atoms with Gasteiger partial charge in [0.15, 0.2) is 0 Å². The summed E-state index contributed by atoms with van der Waals surface area (Å²) in [7, 11) is 1.59. The average Bonchev–Trinajstić information content (AvgIpc) is 2.27. The molecule has 5 heteroatoms. The quantitative estimate of drug-likeness (QED) is 0.717. The van der Waals surface area contributed by atoms with Gasteiger partial charge in [0.05, 0.1) is 24.5 Å². The fourth-order valence-corrected chi connectivity index (χ4v) is 1.75. The fourth-order valence-electron chi connectivity index (χ4n) is 1.54. The molecule has 2 atom stereocenters. The third-order valence-corrected chi connectivity index (χ3v) is 2.66. The average molecular weight is 236 g/mol. The summed E-state index contributed by atoms with van der Waals surface area (Å²) in [5, 5.41) is 2.64. The lowest BCUT2D eigenvalue weighted by atomic mass is 10.0. The second-order valence-electron chi connectivity index (χ2n) is 3.71. The van der Waals surface area contributed by atoms with Gasteiger partial charge < -0.3 is 14.8 Å². The molecule has 2 unspecified atom stereocenters. The zero-order valence-corrected chi connectivity index (χ0v) is 9.76. The van der Waals surface area contributed by atoms with Gasteiger partial charge in [-0.1, -0.05) is 0 Å². The summed E-state index contributed by atoms with van der Waals surface area (Å²) in [6.45, 7) is 2.20. The largest absolute Gasteiger partial charge is 0.383 e. The van der Waals surface area contributed by atoms with Gasteiger partial charge in [-0.05, 0) is 12.8 Å². The highest BCUT2D eigenvalue weighted by molar-refractivity contribution is 6.21. The Morgan fingerprint density at radius 1 is 1.73 bits per heavy atom. The van der Waals surface area contributed by atoms with E-state index in [0.717, 1.165) is 19.4 Å². The van der Waals surface area contributed by atoms with E-state index in [4.69, 9.17) is 21.1 Å². The van der Waals surface area contributed by atoms with Crippen LogP contribution in [0.25, 0.3) is 0 Å². The third kappa shape index (κ3) is 4.82. The number of hydrogen-bond donors (Lipinski definition) is 1. The summed E-state index contributed by atoms with van der Waals surface area (Å²) >= 11 is 5.89. The summed E-state index contributed by atoms with van der Waals surface area (Å²) in [5.74, 6) is 0.0293. The van der Waals surface area contributed by atoms with Gasteiger partial charge in [-0.2, -0.15) is 0 Å². The van der Waals surface area contributed by atoms with Crippen LogP contribution in [0.15, 0.2) is 0 Å². The lowest BCUT2D eigenvalue weighted by Crippen LogP contribution is -2.39. The Hall–Kier alpha value is -0.320. The van der Waals surface area contributed by atoms with Gasteiger partial charge in [0, 0.05) is 20.3 Å². The second-order valence-corrected chi connectivity index (χ2v) is 4.33. The number of ether oxygens (including phenoxy) is 2. The van der Waals surface area contributed by atoms with Crippen molar-refractivity contribution in [2.75, 3.05) is 33.5 Å². The van der Waals surface area contributed by atoms with E-state index in [9.17, 15) is 4.79 Å². The van der Waals surface area contributed by atoms with Gasteiger partial charge in [-0.25, -0.2) is 0 Å². The molecule has 1 aliphatic heterocycles. The van der Waals surface area contributed by atoms with Crippen molar-refractivity contribution in [3.8, 4) is 0 Å². The molecule has 1 aliphatic rings. The van der Waals surface area contributed by atoms with Gasteiger partial charge in [0.1, 0.15) is 0 Å². The summed E-state index contributed by atoms with van der Waals surface area (Å²) in [6.07, 6.45) is 1.86. The molecule has 0 aromatic rings. The summed E-state index contributed by atoms with van der Waals surface area (Å²) in [4.78, 5) is 11.6. The monoisotopic (exact) mass is 235 g/mol. The molecular weight excluding hydrogens is 218 g/mol. The molecule has 1 heterocycles. The lowest BCUT2D eigenvalue weighted by Gasteiger charge is -2.21. The predicted molar refractivity (Wildman–Crippen MR) is 58.1 cm³/mol. The van der Waals surface area contributed by atoms with E-state index in [1.54, 1.807) is 7.11 Å². The Morgan fingerprint density at radius 2 is 2.53 bits per heavy atom. The van der Waals surface area contributed by atoms with E-state index in [1.165, 1.54) is 0 Å². The lowest BCUT2D eigenvalue weighted by molar-refractivity contribution is -0.128. The number of alkyl halides is 1. The molecule has 0 saturated carbocycles. The molecule has 0 aliphatic carbocycles. The van der Waals surface area contributed by atoms with Gasteiger partial charge in [0.25, 0.3) is 0 Å². The normalized spacial score (nSPS) is 23.5. The molecule has 15 heavy (non-hydrogen) atoms. The zero-order chi connectivity index (χ0) is 11.1. The molecule has 0 aromatic heterocycles. The van der Waals surface area contributed by atoms with E-state index in [-0.39, 0.29) is 17.2 Å². The van der Waals surface area contributed by atoms with Gasteiger partial charge >= 0.3 is 0 Å². The first kappa shape index (κ1) is 12.7. The molecule has 1 rings (SSSR count). The zero-order valence-electron chi connectivity index (χ0n) is 9.00. The van der Waals surface area contributed by atoms with E-state index in [0.29, 0.717) is 19.8 Å². The number of rotatable bonds is 5. The van der Waals surface area contributed by atoms with Crippen LogP contribution in [0, 0.1) is 5.92 Å². The van der Waals surface area contributed by atoms with Crippen LogP contribution in [-0.4, -0.2) is 44.8 Å². The highest BCUT2D eigenvalue weighted by atomic mass is 35.5. The van der Waals surface area contributed by atoms with E-state index in [2.05, 4.69) is 5.32 Å². The van der Waals surface area contributed by atoms with E-state index in [1.807, 2.05) is 0 Å². The van der Waals surface area contributed by atoms with Crippen LogP contribution in [0.1, 0.15) is 12.8 Å². The van der Waals surface area contributed by atoms with Crippen LogP contribution in [0.5, 0.6) is 0 Å². The Bertz CT molecular complexity index is 195. The van der Waals surface area contributed by atoms with E-state index < -0.39 is 0 Å². The number of carbonyl (C=O) groups is 1. The Kier molecular flexibility index (Phi) is 5.98. The number of hydrogen-bond acceptors (Lipinski definition) is 3. The molecule has 88 valence electrons. The molecule has 1 saturated heterocycles. The number of nitrogens with one attached hydrogen (secondary N) is 1. The number of halogens is 1. The molecule has 0 bridgehead atoms. The first-order valence-electron chi connectivity index (χ1n) is 5.22. The van der Waals surface area contributed by atoms with Crippen LogP contribution < -0.4 is 5.32 Å². The molecule has 4 nitrogen and oxygen atoms in total. The number of carbonyl (C=O) groups excluding carboxylic acids is 1. The molecule has 0 spiro atoms. The van der Waals surface area contributed by atoms with Crippen molar-refractivity contribution in [2.24, 2.45) is 5.92 Å². The van der Waals surface area contributed by atoms with Gasteiger partial charge in [-0.15, -0.1) is 11.6 Å². The maximum atomic E-state index is 11.6. The fraction of sp³-hybridized carbons (Fsp3) is 0.900. The number of amides is 1. The molecule has 0 aromatic carbocycles. The van der Waals surface area contributed by atoms with Crippen LogP contribution in [0.4, 0.5) is 0 Å². The van der Waals surface area contributed by atoms with Crippen molar-refractivity contribution in [2.45, 2.75) is 18.2 Å². The van der Waals surface area contributed by atoms with Gasteiger partial charge in [-0.3, -0.25) is 4.79 Å². The van der Waals surface area contributed by atoms with Gasteiger partial charge in [0.2, 0.25) is 5.91 Å². The second kappa shape index (κ2) is 7.04. The molecule has 1 N–H and O–H groups in total. The Labute approximate surface area is 95.3 Å². The predicted octanol–water partition coefficient (Wildman–Crippen LogP) is 0.783. The molecule has 1 amide bonds. The third-order valence-electron chi connectivity index (χ3n) is 2.38. The van der Waals surface area contributed by atoms with Crippen molar-refractivity contribution in [3.63, 3.8) is 0 Å². The highest BCUT2D eigenvalue weighted by Gasteiger charge is 2.21. The maximum Gasteiger partial charge on any atom is 0.225 e. The van der Waals surface area contributed by atoms with Crippen molar-refractivity contribution < 1.29 is 14.3 Å². The minimum atomic E-state index is -0.163. The minimum Gasteiger partial charge on any atom is -0.383 e. The first-order chi connectivity index (χ1) is 7.24. The van der Waals surface area contributed by atoms with E-state index >= 15 is 0 Å². The Morgan fingerprint density at radius 3 is 3.13 bits per heavy atom. The molecular formula is C10H18ClNO3. The maximum absolute atomic E-state index is 11.6. The summed E-state index contributed by atoms with van der Waals surface area (Å²) < 4.78 is 10.1. The smallest absolute Gasteiger partial charge is 0.225 e. The van der Waals surface area contributed by atoms with Crippen LogP contribution in [0.3, 0.4) is 0 Å². The van der Waals surface area contributed by atoms with Crippen molar-refractivity contribution in [3.05, 3.63) is 0 Å². The number of methoxy groups -OCH3 is 1. The van der Waals surface area contributed by atoms with Crippen LogP contribution in [-0.2, 0) is 14.3 Å². The Balaban J connectivity index is 2.16. The first-order valence-corrected chi connectivity index (χ1v) is 5.66. The standard InChI is InChI=1S/C10H18ClNO3/c1-14-7-9(11)5-12-10(13)8-3-2-4-15-6-8/h8-9H,2-7H2,1H3,(H,12,13). The summed E-state index contributed by atoms with van der Waals surface area (Å²) in [6, 6.07) is 0. The van der Waals surface area contributed by atoms with Crippen LogP contribution >= 0.6 is 11.6 Å². The molecule has 1 fully saturated rings. The molecule has 0 radical (unpaired) electrons. The van der Waals surface area contributed by atoms with Crippen molar-refractivity contribution >= 4 is 17.5 Å². The summed E-state index contributed by atoms with van der Waals surface area (Å²) in [5.41, 5.74) is 0. The highest BCUT2D eigenvalue weighted by Crippen LogP contribution is 2.13. The topological polar surface area (TPSA) is 47.6 Å². The minimum absolute atomic E-state index is 0.00911. The van der Waals surface area contributed by atoms with Crippen molar-refractivity contribution in [1.29, 1.82) is 0 Å². The SMILES string of the molecule is COCC(Cl)CNC(=O)C1CCCOC1. The van der Waals surface area contributed by atoms with Crippen molar-refractivity contribution in [1.82, 2.24) is 5.32 Å².